The van der Waals surface area contributed by atoms with Crippen LogP contribution in [-0.2, 0) is 14.9 Å². The Balaban J connectivity index is 1.99. The number of hydrogen-bond donors (Lipinski definition) is 0. The molecular weight excluding hydrogens is 231 g/mol. The van der Waals surface area contributed by atoms with E-state index < -0.39 is 17.1 Å². The van der Waals surface area contributed by atoms with Crippen LogP contribution in [-0.4, -0.2) is 18.2 Å². The molecule has 3 heteroatoms. The Hall–Kier alpha value is -1.38. The van der Waals surface area contributed by atoms with Crippen LogP contribution in [0.5, 0.6) is 0 Å². The Bertz CT molecular complexity index is 465. The van der Waals surface area contributed by atoms with Gasteiger partial charge in [-0.1, -0.05) is 30.3 Å². The number of rotatable bonds is 3. The second-order valence-electron chi connectivity index (χ2n) is 5.45. The summed E-state index contributed by atoms with van der Waals surface area (Å²) in [6.45, 7) is 1.95. The van der Waals surface area contributed by atoms with Gasteiger partial charge >= 0.3 is 5.97 Å². The van der Waals surface area contributed by atoms with Crippen molar-refractivity contribution < 1.29 is 13.9 Å². The molecule has 0 aromatic heterocycles. The smallest absolute Gasteiger partial charge is 0.344 e. The first-order valence-electron chi connectivity index (χ1n) is 6.54. The molecule has 0 heterocycles. The molecule has 96 valence electrons. The van der Waals surface area contributed by atoms with Crippen LogP contribution in [0.4, 0.5) is 4.39 Å². The lowest BCUT2D eigenvalue weighted by Crippen LogP contribution is -2.51. The van der Waals surface area contributed by atoms with Crippen molar-refractivity contribution in [1.82, 2.24) is 0 Å². The third-order valence-corrected chi connectivity index (χ3v) is 4.53. The molecule has 2 bridgehead atoms. The van der Waals surface area contributed by atoms with Gasteiger partial charge in [0.2, 0.25) is 5.67 Å². The predicted molar refractivity (Wildman–Crippen MR) is 65.9 cm³/mol. The molecule has 3 aliphatic carbocycles. The van der Waals surface area contributed by atoms with Crippen LogP contribution in [0.15, 0.2) is 30.3 Å². The molecule has 0 N–H and O–H groups in total. The number of hydrogen-bond acceptors (Lipinski definition) is 2. The fraction of sp³-hybridized carbons (Fsp3) is 0.533. The molecule has 1 aromatic carbocycles. The van der Waals surface area contributed by atoms with E-state index in [0.29, 0.717) is 12.3 Å². The zero-order chi connectivity index (χ0) is 12.8. The lowest BCUT2D eigenvalue weighted by atomic mass is 9.61. The molecule has 18 heavy (non-hydrogen) atoms. The summed E-state index contributed by atoms with van der Waals surface area (Å²) in [4.78, 5) is 12.0. The average molecular weight is 248 g/mol. The van der Waals surface area contributed by atoms with Gasteiger partial charge in [0, 0.05) is 5.41 Å². The number of halogens is 1. The molecule has 3 saturated carbocycles. The number of carbonyl (C=O) groups excluding carboxylic acids is 1. The van der Waals surface area contributed by atoms with Crippen molar-refractivity contribution in [2.24, 2.45) is 5.92 Å². The minimum absolute atomic E-state index is 0.236. The quantitative estimate of drug-likeness (QED) is 0.769. The van der Waals surface area contributed by atoms with Crippen LogP contribution >= 0.6 is 0 Å². The molecule has 4 rings (SSSR count). The fourth-order valence-corrected chi connectivity index (χ4v) is 3.73. The van der Waals surface area contributed by atoms with Crippen LogP contribution < -0.4 is 0 Å². The van der Waals surface area contributed by atoms with Gasteiger partial charge in [-0.05, 0) is 37.7 Å². The molecule has 1 atom stereocenters. The maximum atomic E-state index is 15.2. The summed E-state index contributed by atoms with van der Waals surface area (Å²) in [6, 6.07) is 9.57. The molecule has 0 amide bonds. The van der Waals surface area contributed by atoms with E-state index in [2.05, 4.69) is 0 Å². The van der Waals surface area contributed by atoms with E-state index in [9.17, 15) is 4.79 Å². The first-order valence-corrected chi connectivity index (χ1v) is 6.54. The average Bonchev–Trinajstić information content (AvgIpc) is 2.80. The first-order chi connectivity index (χ1) is 8.62. The van der Waals surface area contributed by atoms with Gasteiger partial charge in [-0.25, -0.2) is 9.18 Å². The number of ether oxygens (including phenoxy) is 1. The summed E-state index contributed by atoms with van der Waals surface area (Å²) < 4.78 is 20.2. The molecular formula is C15H17FO2. The van der Waals surface area contributed by atoms with E-state index in [4.69, 9.17) is 4.74 Å². The predicted octanol–water partition coefficient (Wildman–Crippen LogP) is 3.01. The Morgan fingerprint density at radius 3 is 2.61 bits per heavy atom. The molecule has 3 aliphatic rings. The highest BCUT2D eigenvalue weighted by molar-refractivity contribution is 5.84. The van der Waals surface area contributed by atoms with E-state index in [-0.39, 0.29) is 6.61 Å². The molecule has 3 fully saturated rings. The molecule has 0 radical (unpaired) electrons. The second-order valence-corrected chi connectivity index (χ2v) is 5.45. The molecule has 0 saturated heterocycles. The largest absolute Gasteiger partial charge is 0.464 e. The zero-order valence-electron chi connectivity index (χ0n) is 10.5. The van der Waals surface area contributed by atoms with Gasteiger partial charge in [0.1, 0.15) is 0 Å². The molecule has 1 aromatic rings. The SMILES string of the molecule is CCOC(=O)C1(F)CC2CC1(c1ccccc1)C2. The van der Waals surface area contributed by atoms with Gasteiger partial charge in [-0.3, -0.25) is 0 Å². The van der Waals surface area contributed by atoms with Crippen LogP contribution in [0, 0.1) is 5.92 Å². The Morgan fingerprint density at radius 1 is 1.33 bits per heavy atom. The molecule has 2 nitrogen and oxygen atoms in total. The number of benzene rings is 1. The van der Waals surface area contributed by atoms with Crippen molar-refractivity contribution in [2.45, 2.75) is 37.3 Å². The molecule has 1 unspecified atom stereocenters. The van der Waals surface area contributed by atoms with Crippen LogP contribution in [0.1, 0.15) is 31.7 Å². The Kier molecular flexibility index (Phi) is 2.47. The van der Waals surface area contributed by atoms with Crippen LogP contribution in [0.25, 0.3) is 0 Å². The Morgan fingerprint density at radius 2 is 2.00 bits per heavy atom. The highest BCUT2D eigenvalue weighted by Crippen LogP contribution is 2.66. The Labute approximate surface area is 106 Å². The summed E-state index contributed by atoms with van der Waals surface area (Å²) in [7, 11) is 0. The van der Waals surface area contributed by atoms with Gasteiger partial charge in [0.25, 0.3) is 0 Å². The number of carbonyl (C=O) groups is 1. The summed E-state index contributed by atoms with van der Waals surface area (Å²) >= 11 is 0. The topological polar surface area (TPSA) is 26.3 Å². The zero-order valence-corrected chi connectivity index (χ0v) is 10.5. The lowest BCUT2D eigenvalue weighted by molar-refractivity contribution is -0.160. The van der Waals surface area contributed by atoms with Gasteiger partial charge in [0.15, 0.2) is 0 Å². The standard InChI is InChI=1S/C15H17FO2/c1-2-18-13(17)15(16)10-11-8-14(15,9-11)12-6-4-3-5-7-12/h3-7,11H,2,8-10H2,1H3. The first kappa shape index (κ1) is 11.7. The summed E-state index contributed by atoms with van der Waals surface area (Å²) in [5, 5.41) is 0. The van der Waals surface area contributed by atoms with E-state index in [1.54, 1.807) is 6.92 Å². The van der Waals surface area contributed by atoms with E-state index in [1.165, 1.54) is 0 Å². The summed E-state index contributed by atoms with van der Waals surface area (Å²) in [5.74, 6) is -0.339. The van der Waals surface area contributed by atoms with Gasteiger partial charge in [0.05, 0.1) is 6.61 Å². The maximum absolute atomic E-state index is 15.2. The minimum atomic E-state index is -1.82. The highest BCUT2D eigenvalue weighted by atomic mass is 19.1. The normalized spacial score (nSPS) is 37.1. The van der Waals surface area contributed by atoms with Gasteiger partial charge in [-0.15, -0.1) is 0 Å². The van der Waals surface area contributed by atoms with Crippen molar-refractivity contribution in [3.8, 4) is 0 Å². The van der Waals surface area contributed by atoms with Crippen molar-refractivity contribution in [2.75, 3.05) is 6.61 Å². The summed E-state index contributed by atoms with van der Waals surface area (Å²) in [6.07, 6.45) is 1.86. The van der Waals surface area contributed by atoms with Gasteiger partial charge < -0.3 is 4.74 Å². The third kappa shape index (κ3) is 1.30. The van der Waals surface area contributed by atoms with E-state index in [0.717, 1.165) is 18.4 Å². The third-order valence-electron chi connectivity index (χ3n) is 4.53. The van der Waals surface area contributed by atoms with Crippen LogP contribution in [0.3, 0.4) is 0 Å². The van der Waals surface area contributed by atoms with Crippen LogP contribution in [0.2, 0.25) is 0 Å². The van der Waals surface area contributed by atoms with Crippen molar-refractivity contribution in [1.29, 1.82) is 0 Å². The van der Waals surface area contributed by atoms with Crippen molar-refractivity contribution in [3.05, 3.63) is 35.9 Å². The van der Waals surface area contributed by atoms with Crippen molar-refractivity contribution in [3.63, 3.8) is 0 Å². The van der Waals surface area contributed by atoms with E-state index >= 15 is 4.39 Å². The van der Waals surface area contributed by atoms with Crippen molar-refractivity contribution >= 4 is 5.97 Å². The number of fused-ring (bicyclic) bond motifs is 1. The van der Waals surface area contributed by atoms with E-state index in [1.807, 2.05) is 30.3 Å². The number of esters is 1. The molecule has 0 aliphatic heterocycles. The fourth-order valence-electron chi connectivity index (χ4n) is 3.73. The van der Waals surface area contributed by atoms with Gasteiger partial charge in [-0.2, -0.15) is 0 Å². The number of alkyl halides is 1. The second kappa shape index (κ2) is 3.81. The monoisotopic (exact) mass is 248 g/mol. The molecule has 0 spiro atoms. The maximum Gasteiger partial charge on any atom is 0.344 e. The lowest BCUT2D eigenvalue weighted by Gasteiger charge is -2.43. The highest BCUT2D eigenvalue weighted by Gasteiger charge is 2.72. The minimum Gasteiger partial charge on any atom is -0.464 e. The summed E-state index contributed by atoms with van der Waals surface area (Å²) in [5.41, 5.74) is -1.52.